The van der Waals surface area contributed by atoms with E-state index < -0.39 is 0 Å². The highest BCUT2D eigenvalue weighted by Gasteiger charge is 2.38. The average Bonchev–Trinajstić information content (AvgIpc) is 3.01. The number of aryl methyl sites for hydroxylation is 1. The van der Waals surface area contributed by atoms with Crippen molar-refractivity contribution in [2.75, 3.05) is 0 Å². The lowest BCUT2D eigenvalue weighted by atomic mass is 9.85. The first-order chi connectivity index (χ1) is 9.22. The van der Waals surface area contributed by atoms with Gasteiger partial charge in [0.2, 0.25) is 5.91 Å². The highest BCUT2D eigenvalue weighted by Crippen LogP contribution is 2.33. The van der Waals surface area contributed by atoms with E-state index in [9.17, 15) is 4.79 Å². The Morgan fingerprint density at radius 2 is 2.37 bits per heavy atom. The van der Waals surface area contributed by atoms with Gasteiger partial charge in [-0.1, -0.05) is 12.8 Å². The highest BCUT2D eigenvalue weighted by molar-refractivity contribution is 5.82. The zero-order chi connectivity index (χ0) is 13.2. The van der Waals surface area contributed by atoms with Gasteiger partial charge in [0.1, 0.15) is 6.33 Å². The Labute approximate surface area is 113 Å². The van der Waals surface area contributed by atoms with E-state index >= 15 is 0 Å². The molecule has 0 aromatic carbocycles. The first-order valence-electron chi connectivity index (χ1n) is 7.10. The van der Waals surface area contributed by atoms with Crippen LogP contribution in [0.5, 0.6) is 0 Å². The van der Waals surface area contributed by atoms with Gasteiger partial charge < -0.3 is 10.6 Å². The number of carbonyl (C=O) groups excluding carboxylic acids is 1. The second-order valence-corrected chi connectivity index (χ2v) is 5.66. The number of hydrogen-bond donors (Lipinski definition) is 2. The van der Waals surface area contributed by atoms with E-state index in [-0.39, 0.29) is 11.9 Å². The summed E-state index contributed by atoms with van der Waals surface area (Å²) in [5.74, 6) is 1.44. The van der Waals surface area contributed by atoms with Crippen molar-refractivity contribution in [3.63, 3.8) is 0 Å². The molecule has 1 aliphatic carbocycles. The topological polar surface area (TPSA) is 71.8 Å². The van der Waals surface area contributed by atoms with Crippen molar-refractivity contribution in [3.8, 4) is 0 Å². The van der Waals surface area contributed by atoms with Crippen LogP contribution in [0, 0.1) is 5.92 Å². The fraction of sp³-hybridized carbons (Fsp3) is 0.769. The molecule has 3 unspecified atom stereocenters. The van der Waals surface area contributed by atoms with Crippen LogP contribution in [0.25, 0.3) is 0 Å². The van der Waals surface area contributed by atoms with Crippen molar-refractivity contribution in [1.29, 1.82) is 0 Å². The molecule has 1 aliphatic heterocycles. The minimum absolute atomic E-state index is 0.0307. The maximum atomic E-state index is 12.1. The van der Waals surface area contributed by atoms with Crippen LogP contribution in [0.1, 0.15) is 37.9 Å². The van der Waals surface area contributed by atoms with Crippen molar-refractivity contribution >= 4 is 5.91 Å². The maximum Gasteiger partial charge on any atom is 0.237 e. The molecule has 0 radical (unpaired) electrons. The molecule has 2 fully saturated rings. The first-order valence-corrected chi connectivity index (χ1v) is 7.10. The first kappa shape index (κ1) is 12.6. The molecular weight excluding hydrogens is 242 g/mol. The van der Waals surface area contributed by atoms with E-state index in [1.165, 1.54) is 25.7 Å². The van der Waals surface area contributed by atoms with Crippen molar-refractivity contribution in [3.05, 3.63) is 12.2 Å². The molecule has 0 spiro atoms. The number of carbonyl (C=O) groups is 1. The summed E-state index contributed by atoms with van der Waals surface area (Å²) in [5, 5.41) is 10.6. The zero-order valence-corrected chi connectivity index (χ0v) is 11.3. The summed E-state index contributed by atoms with van der Waals surface area (Å²) in [4.78, 5) is 16.2. The van der Waals surface area contributed by atoms with Gasteiger partial charge in [-0.05, 0) is 25.2 Å². The van der Waals surface area contributed by atoms with Crippen LogP contribution >= 0.6 is 0 Å². The van der Waals surface area contributed by atoms with Crippen LogP contribution in [0.15, 0.2) is 6.33 Å². The smallest absolute Gasteiger partial charge is 0.237 e. The molecule has 104 valence electrons. The van der Waals surface area contributed by atoms with Crippen molar-refractivity contribution in [2.24, 2.45) is 13.0 Å². The number of hydrogen-bond acceptors (Lipinski definition) is 4. The molecule has 1 aromatic rings. The van der Waals surface area contributed by atoms with Crippen LogP contribution in [0.4, 0.5) is 0 Å². The molecule has 1 saturated heterocycles. The van der Waals surface area contributed by atoms with Gasteiger partial charge >= 0.3 is 0 Å². The van der Waals surface area contributed by atoms with Crippen LogP contribution < -0.4 is 10.6 Å². The number of fused-ring (bicyclic) bond motifs is 1. The number of amides is 1. The van der Waals surface area contributed by atoms with Gasteiger partial charge in [-0.25, -0.2) is 4.98 Å². The van der Waals surface area contributed by atoms with Gasteiger partial charge in [-0.3, -0.25) is 9.48 Å². The van der Waals surface area contributed by atoms with Crippen LogP contribution in [0.2, 0.25) is 0 Å². The molecule has 1 saturated carbocycles. The van der Waals surface area contributed by atoms with E-state index in [2.05, 4.69) is 20.7 Å². The summed E-state index contributed by atoms with van der Waals surface area (Å²) in [5.41, 5.74) is 0. The highest BCUT2D eigenvalue weighted by atomic mass is 16.2. The lowest BCUT2D eigenvalue weighted by molar-refractivity contribution is -0.123. The van der Waals surface area contributed by atoms with Gasteiger partial charge in [0.25, 0.3) is 0 Å². The summed E-state index contributed by atoms with van der Waals surface area (Å²) in [7, 11) is 1.82. The van der Waals surface area contributed by atoms with Gasteiger partial charge in [0.15, 0.2) is 5.82 Å². The summed E-state index contributed by atoms with van der Waals surface area (Å²) in [6.07, 6.45) is 7.71. The van der Waals surface area contributed by atoms with Crippen LogP contribution in [-0.2, 0) is 18.4 Å². The summed E-state index contributed by atoms with van der Waals surface area (Å²) in [6, 6.07) is 0.522. The Bertz CT molecular complexity index is 444. The average molecular weight is 263 g/mol. The predicted octanol–water partition coefficient (Wildman–Crippen LogP) is 0.352. The van der Waals surface area contributed by atoms with E-state index in [4.69, 9.17) is 0 Å². The summed E-state index contributed by atoms with van der Waals surface area (Å²) < 4.78 is 1.64. The van der Waals surface area contributed by atoms with Crippen LogP contribution in [-0.4, -0.2) is 32.8 Å². The van der Waals surface area contributed by atoms with Crippen molar-refractivity contribution < 1.29 is 4.79 Å². The van der Waals surface area contributed by atoms with Gasteiger partial charge in [-0.2, -0.15) is 5.10 Å². The lowest BCUT2D eigenvalue weighted by Crippen LogP contribution is -2.43. The third kappa shape index (κ3) is 2.78. The standard InChI is InChI=1S/C13H21N5O/c1-18-8-15-12(17-18)7-14-13(19)11-6-9-4-2-3-5-10(9)16-11/h8-11,16H,2-7H2,1H3,(H,14,19). The van der Waals surface area contributed by atoms with E-state index in [0.717, 1.165) is 6.42 Å². The molecule has 3 atom stereocenters. The Kier molecular flexibility index (Phi) is 3.50. The summed E-state index contributed by atoms with van der Waals surface area (Å²) in [6.45, 7) is 0.410. The van der Waals surface area contributed by atoms with E-state index in [0.29, 0.717) is 24.3 Å². The third-order valence-electron chi connectivity index (χ3n) is 4.25. The molecule has 1 aromatic heterocycles. The summed E-state index contributed by atoms with van der Waals surface area (Å²) >= 11 is 0. The lowest BCUT2D eigenvalue weighted by Gasteiger charge is -2.24. The Balaban J connectivity index is 1.51. The molecule has 1 amide bonds. The van der Waals surface area contributed by atoms with Gasteiger partial charge in [0, 0.05) is 13.1 Å². The SMILES string of the molecule is Cn1cnc(CNC(=O)C2CC3CCCCC3N2)n1. The fourth-order valence-corrected chi connectivity index (χ4v) is 3.28. The number of nitrogens with one attached hydrogen (secondary N) is 2. The van der Waals surface area contributed by atoms with E-state index in [1.807, 2.05) is 7.05 Å². The molecule has 0 bridgehead atoms. The van der Waals surface area contributed by atoms with Crippen molar-refractivity contribution in [2.45, 2.75) is 50.7 Å². The fourth-order valence-electron chi connectivity index (χ4n) is 3.28. The van der Waals surface area contributed by atoms with Crippen molar-refractivity contribution in [1.82, 2.24) is 25.4 Å². The second-order valence-electron chi connectivity index (χ2n) is 5.66. The quantitative estimate of drug-likeness (QED) is 0.825. The van der Waals surface area contributed by atoms with Gasteiger partial charge in [-0.15, -0.1) is 0 Å². The maximum absolute atomic E-state index is 12.1. The molecule has 6 heteroatoms. The normalized spacial score (nSPS) is 30.1. The molecule has 19 heavy (non-hydrogen) atoms. The minimum Gasteiger partial charge on any atom is -0.347 e. The monoisotopic (exact) mass is 263 g/mol. The Morgan fingerprint density at radius 1 is 1.53 bits per heavy atom. The Hall–Kier alpha value is -1.43. The van der Waals surface area contributed by atoms with Gasteiger partial charge in [0.05, 0.1) is 12.6 Å². The molecular formula is C13H21N5O. The molecule has 2 N–H and O–H groups in total. The minimum atomic E-state index is -0.0307. The number of aromatic nitrogens is 3. The second kappa shape index (κ2) is 5.28. The molecule has 2 aliphatic rings. The number of nitrogens with zero attached hydrogens (tertiary/aromatic N) is 3. The zero-order valence-electron chi connectivity index (χ0n) is 11.3. The molecule has 6 nitrogen and oxygen atoms in total. The largest absolute Gasteiger partial charge is 0.347 e. The molecule has 3 rings (SSSR count). The van der Waals surface area contributed by atoms with E-state index in [1.54, 1.807) is 11.0 Å². The Morgan fingerprint density at radius 3 is 3.11 bits per heavy atom. The number of rotatable bonds is 3. The third-order valence-corrected chi connectivity index (χ3v) is 4.25. The molecule has 2 heterocycles. The van der Waals surface area contributed by atoms with Crippen LogP contribution in [0.3, 0.4) is 0 Å². The predicted molar refractivity (Wildman–Crippen MR) is 70.1 cm³/mol.